The molecule has 2 atom stereocenters. The van der Waals surface area contributed by atoms with Gasteiger partial charge in [0, 0.05) is 6.54 Å². The van der Waals surface area contributed by atoms with Gasteiger partial charge in [0.15, 0.2) is 5.17 Å². The van der Waals surface area contributed by atoms with Crippen molar-refractivity contribution < 1.29 is 14.1 Å². The Morgan fingerprint density at radius 2 is 2.00 bits per heavy atom. The number of amidine groups is 1. The van der Waals surface area contributed by atoms with Crippen LogP contribution in [0.1, 0.15) is 5.89 Å². The van der Waals surface area contributed by atoms with Gasteiger partial charge in [-0.2, -0.15) is 4.98 Å². The highest BCUT2D eigenvalue weighted by Gasteiger charge is 2.42. The van der Waals surface area contributed by atoms with Crippen molar-refractivity contribution in [2.75, 3.05) is 18.6 Å². The van der Waals surface area contributed by atoms with E-state index >= 15 is 0 Å². The number of fused-ring (bicyclic) bond motifs is 1. The lowest BCUT2D eigenvalue weighted by Gasteiger charge is -2.32. The van der Waals surface area contributed by atoms with Gasteiger partial charge in [-0.15, -0.1) is 0 Å². The van der Waals surface area contributed by atoms with E-state index in [9.17, 15) is 4.79 Å². The van der Waals surface area contributed by atoms with Crippen molar-refractivity contribution in [2.45, 2.75) is 11.9 Å². The molecule has 9 nitrogen and oxygen atoms in total. The molecule has 2 aliphatic rings. The van der Waals surface area contributed by atoms with Crippen LogP contribution in [0.25, 0.3) is 11.4 Å². The Labute approximate surface area is 182 Å². The van der Waals surface area contributed by atoms with Crippen LogP contribution in [0.5, 0.6) is 5.75 Å². The third-order valence-electron chi connectivity index (χ3n) is 5.09. The maximum Gasteiger partial charge on any atom is 0.241 e. The van der Waals surface area contributed by atoms with E-state index in [1.165, 1.54) is 11.8 Å². The number of para-hydroxylation sites is 2. The average molecular weight is 436 g/mol. The molecule has 0 bridgehead atoms. The number of hydrogen-bond acceptors (Lipinski definition) is 9. The fraction of sp³-hybridized carbons (Fsp3) is 0.238. The first-order valence-corrected chi connectivity index (χ1v) is 10.8. The van der Waals surface area contributed by atoms with Gasteiger partial charge in [0.2, 0.25) is 17.6 Å². The minimum absolute atomic E-state index is 0.00596. The number of methoxy groups -OCH3 is 1. The summed E-state index contributed by atoms with van der Waals surface area (Å²) in [6, 6.07) is 17.0. The third kappa shape index (κ3) is 3.80. The molecule has 2 aliphatic heterocycles. The van der Waals surface area contributed by atoms with Crippen molar-refractivity contribution in [2.24, 2.45) is 10.9 Å². The second-order valence-electron chi connectivity index (χ2n) is 7.00. The maximum atomic E-state index is 13.2. The molecule has 1 saturated heterocycles. The second kappa shape index (κ2) is 8.50. The molecule has 1 aromatic heterocycles. The lowest BCUT2D eigenvalue weighted by Crippen LogP contribution is -2.49. The van der Waals surface area contributed by atoms with E-state index in [4.69, 9.17) is 14.3 Å². The van der Waals surface area contributed by atoms with Crippen LogP contribution >= 0.6 is 11.8 Å². The number of carbonyl (C=O) groups excluding carboxylic acids is 1. The van der Waals surface area contributed by atoms with Crippen LogP contribution in [-0.4, -0.2) is 41.0 Å². The number of amides is 1. The molecule has 1 amide bonds. The Kier molecular flexibility index (Phi) is 5.41. The summed E-state index contributed by atoms with van der Waals surface area (Å²) in [5.41, 5.74) is 7.63. The lowest BCUT2D eigenvalue weighted by atomic mass is 10.1. The van der Waals surface area contributed by atoms with Gasteiger partial charge in [0.1, 0.15) is 11.9 Å². The maximum absolute atomic E-state index is 13.2. The number of carbonyl (C=O) groups is 1. The molecule has 5 rings (SSSR count). The highest BCUT2D eigenvalue weighted by Crippen LogP contribution is 2.31. The van der Waals surface area contributed by atoms with E-state index in [2.05, 4.69) is 21.0 Å². The van der Waals surface area contributed by atoms with Crippen LogP contribution in [0.4, 0.5) is 5.69 Å². The van der Waals surface area contributed by atoms with Crippen molar-refractivity contribution in [3.63, 3.8) is 0 Å². The first-order chi connectivity index (χ1) is 15.2. The van der Waals surface area contributed by atoms with Crippen molar-refractivity contribution in [3.8, 4) is 17.1 Å². The Morgan fingerprint density at radius 1 is 1.19 bits per heavy atom. The molecule has 2 N–H and O–H groups in total. The monoisotopic (exact) mass is 436 g/mol. The summed E-state index contributed by atoms with van der Waals surface area (Å²) in [7, 11) is 1.60. The second-order valence-corrected chi connectivity index (χ2v) is 7.94. The van der Waals surface area contributed by atoms with Crippen molar-refractivity contribution in [1.82, 2.24) is 21.0 Å². The molecular weight excluding hydrogens is 416 g/mol. The summed E-state index contributed by atoms with van der Waals surface area (Å²) in [6.07, 6.45) is -0.290. The zero-order valence-corrected chi connectivity index (χ0v) is 17.5. The van der Waals surface area contributed by atoms with Crippen LogP contribution in [0, 0.1) is 5.92 Å². The quantitative estimate of drug-likeness (QED) is 0.628. The Hall–Kier alpha value is -3.21. The number of nitrogens with one attached hydrogen (secondary N) is 2. The fourth-order valence-corrected chi connectivity index (χ4v) is 4.44. The molecule has 2 aromatic carbocycles. The molecule has 3 aromatic rings. The van der Waals surface area contributed by atoms with Gasteiger partial charge in [-0.25, -0.2) is 10.4 Å². The molecule has 10 heteroatoms. The van der Waals surface area contributed by atoms with Gasteiger partial charge in [-0.3, -0.25) is 15.1 Å². The largest absolute Gasteiger partial charge is 0.496 e. The van der Waals surface area contributed by atoms with E-state index in [1.54, 1.807) is 12.0 Å². The molecular formula is C21H20N6O3S. The Bertz CT molecular complexity index is 1120. The molecule has 1 fully saturated rings. The van der Waals surface area contributed by atoms with Crippen molar-refractivity contribution in [1.29, 1.82) is 0 Å². The summed E-state index contributed by atoms with van der Waals surface area (Å²) < 4.78 is 10.8. The normalized spacial score (nSPS) is 20.5. The molecule has 0 saturated carbocycles. The van der Waals surface area contributed by atoms with Crippen LogP contribution in [0.2, 0.25) is 0 Å². The van der Waals surface area contributed by atoms with Gasteiger partial charge in [-0.05, 0) is 24.3 Å². The van der Waals surface area contributed by atoms with E-state index < -0.39 is 0 Å². The summed E-state index contributed by atoms with van der Waals surface area (Å²) in [5.74, 6) is 1.70. The fourth-order valence-electron chi connectivity index (χ4n) is 3.56. The standard InChI is InChI=1S/C21H20N6O3S/c1-29-16-10-6-5-9-14(16)19-23-17(30-26-19)12-31-21-24-18-15(11-22-25-18)20(28)27(21)13-7-3-2-4-8-13/h2-10,15,18,22,25H,11-12H2,1H3. The molecule has 158 valence electrons. The third-order valence-corrected chi connectivity index (χ3v) is 6.02. The molecule has 31 heavy (non-hydrogen) atoms. The minimum atomic E-state index is -0.290. The van der Waals surface area contributed by atoms with Gasteiger partial charge in [-0.1, -0.05) is 47.3 Å². The average Bonchev–Trinajstić information content (AvgIpc) is 3.48. The number of rotatable bonds is 5. The summed E-state index contributed by atoms with van der Waals surface area (Å²) in [4.78, 5) is 24.1. The number of anilines is 1. The molecule has 0 radical (unpaired) electrons. The van der Waals surface area contributed by atoms with E-state index in [-0.39, 0.29) is 18.0 Å². The Morgan fingerprint density at radius 3 is 2.84 bits per heavy atom. The molecule has 3 heterocycles. The number of hydrazine groups is 1. The number of nitrogens with zero attached hydrogens (tertiary/aromatic N) is 4. The van der Waals surface area contributed by atoms with Gasteiger partial charge in [0.05, 0.1) is 30.0 Å². The molecule has 2 unspecified atom stereocenters. The number of benzene rings is 2. The summed E-state index contributed by atoms with van der Waals surface area (Å²) >= 11 is 1.38. The van der Waals surface area contributed by atoms with E-state index in [1.807, 2.05) is 54.6 Å². The zero-order valence-electron chi connectivity index (χ0n) is 16.7. The highest BCUT2D eigenvalue weighted by molar-refractivity contribution is 8.13. The van der Waals surface area contributed by atoms with Crippen LogP contribution < -0.4 is 20.5 Å². The van der Waals surface area contributed by atoms with E-state index in [0.29, 0.717) is 34.9 Å². The predicted molar refractivity (Wildman–Crippen MR) is 117 cm³/mol. The predicted octanol–water partition coefficient (Wildman–Crippen LogP) is 2.43. The Balaban J connectivity index is 1.38. The number of thioether (sulfide) groups is 1. The van der Waals surface area contributed by atoms with Crippen molar-refractivity contribution >= 4 is 28.5 Å². The first kappa shape index (κ1) is 19.7. The van der Waals surface area contributed by atoms with Crippen LogP contribution in [-0.2, 0) is 10.5 Å². The van der Waals surface area contributed by atoms with Crippen molar-refractivity contribution in [3.05, 3.63) is 60.5 Å². The van der Waals surface area contributed by atoms with Gasteiger partial charge >= 0.3 is 0 Å². The smallest absolute Gasteiger partial charge is 0.241 e. The SMILES string of the molecule is COc1ccccc1-c1noc(CSC2=NC3NNCC3C(=O)N2c2ccccc2)n1. The number of aromatic nitrogens is 2. The van der Waals surface area contributed by atoms with Crippen LogP contribution in [0.3, 0.4) is 0 Å². The lowest BCUT2D eigenvalue weighted by molar-refractivity contribution is -0.121. The van der Waals surface area contributed by atoms with Gasteiger partial charge < -0.3 is 9.26 Å². The summed E-state index contributed by atoms with van der Waals surface area (Å²) in [5, 5.41) is 4.67. The molecule has 0 spiro atoms. The zero-order chi connectivity index (χ0) is 21.2. The van der Waals surface area contributed by atoms with Gasteiger partial charge in [0.25, 0.3) is 0 Å². The number of hydrogen-bond donors (Lipinski definition) is 2. The summed E-state index contributed by atoms with van der Waals surface area (Å²) in [6.45, 7) is 0.542. The topological polar surface area (TPSA) is 105 Å². The number of aliphatic imine (C=N–C) groups is 1. The first-order valence-electron chi connectivity index (χ1n) is 9.78. The van der Waals surface area contributed by atoms with E-state index in [0.717, 1.165) is 11.3 Å². The molecule has 0 aliphatic carbocycles. The minimum Gasteiger partial charge on any atom is -0.496 e. The number of ether oxygens (including phenoxy) is 1. The highest BCUT2D eigenvalue weighted by atomic mass is 32.2. The van der Waals surface area contributed by atoms with Crippen LogP contribution in [0.15, 0.2) is 64.1 Å².